The Morgan fingerprint density at radius 1 is 1.21 bits per heavy atom. The maximum absolute atomic E-state index is 8.60. The Balaban J connectivity index is 1.82. The van der Waals surface area contributed by atoms with Crippen LogP contribution in [0.3, 0.4) is 0 Å². The molecule has 84 valence electrons. The van der Waals surface area contributed by atoms with Crippen LogP contribution in [0.1, 0.15) is 19.3 Å². The molecule has 0 aliphatic carbocycles. The van der Waals surface area contributed by atoms with Gasteiger partial charge in [-0.3, -0.25) is 0 Å². The molecule has 0 spiro atoms. The summed E-state index contributed by atoms with van der Waals surface area (Å²) < 4.78 is 0. The van der Waals surface area contributed by atoms with Gasteiger partial charge in [0.25, 0.3) is 0 Å². The summed E-state index contributed by atoms with van der Waals surface area (Å²) in [7, 11) is 0. The fourth-order valence-corrected chi connectivity index (χ4v) is 4.10. The number of unbranched alkanes of at least 4 members (excludes halogenated alkanes) is 2. The summed E-state index contributed by atoms with van der Waals surface area (Å²) in [6.45, 7) is 2.62. The van der Waals surface area contributed by atoms with E-state index in [1.165, 1.54) is 23.7 Å². The maximum atomic E-state index is 8.60. The molecule has 0 aromatic carbocycles. The molecule has 0 amide bonds. The van der Waals surface area contributed by atoms with E-state index in [-0.39, 0.29) is 0 Å². The molecule has 0 bridgehead atoms. The van der Waals surface area contributed by atoms with Gasteiger partial charge in [0, 0.05) is 35.7 Å². The Kier molecular flexibility index (Phi) is 8.06. The van der Waals surface area contributed by atoms with E-state index in [0.29, 0.717) is 6.61 Å². The van der Waals surface area contributed by atoms with Crippen molar-refractivity contribution in [2.24, 2.45) is 0 Å². The third-order valence-corrected chi connectivity index (χ3v) is 5.11. The first-order chi connectivity index (χ1) is 6.93. The molecule has 1 aliphatic rings. The molecule has 2 N–H and O–H groups in total. The van der Waals surface area contributed by atoms with E-state index in [1.54, 1.807) is 0 Å². The molecule has 4 heteroatoms. The second kappa shape index (κ2) is 8.89. The second-order valence-corrected chi connectivity index (χ2v) is 6.11. The van der Waals surface area contributed by atoms with E-state index < -0.39 is 0 Å². The average Bonchev–Trinajstić information content (AvgIpc) is 2.25. The summed E-state index contributed by atoms with van der Waals surface area (Å²) >= 11 is 4.19. The molecule has 1 unspecified atom stereocenters. The first kappa shape index (κ1) is 12.7. The molecule has 1 rings (SSSR count). The number of aliphatic hydroxyl groups excluding tert-OH is 1. The molecule has 0 aromatic rings. The van der Waals surface area contributed by atoms with E-state index in [0.717, 1.165) is 31.2 Å². The van der Waals surface area contributed by atoms with E-state index in [1.807, 2.05) is 0 Å². The fourth-order valence-electron chi connectivity index (χ4n) is 1.46. The largest absolute Gasteiger partial charge is 0.396 e. The fraction of sp³-hybridized carbons (Fsp3) is 1.00. The lowest BCUT2D eigenvalue weighted by atomic mass is 10.2. The third-order valence-electron chi connectivity index (χ3n) is 2.27. The molecule has 1 aliphatic heterocycles. The van der Waals surface area contributed by atoms with Gasteiger partial charge in [-0.1, -0.05) is 0 Å². The highest BCUT2D eigenvalue weighted by Crippen LogP contribution is 2.23. The monoisotopic (exact) mass is 235 g/mol. The van der Waals surface area contributed by atoms with Crippen LogP contribution in [0.25, 0.3) is 0 Å². The van der Waals surface area contributed by atoms with Gasteiger partial charge in [-0.15, -0.1) is 0 Å². The van der Waals surface area contributed by atoms with Crippen molar-refractivity contribution in [3.8, 4) is 0 Å². The summed E-state index contributed by atoms with van der Waals surface area (Å²) in [6.07, 6.45) is 3.30. The van der Waals surface area contributed by atoms with Crippen LogP contribution in [0.5, 0.6) is 0 Å². The number of rotatable bonds is 7. The van der Waals surface area contributed by atoms with Crippen molar-refractivity contribution in [2.45, 2.75) is 24.5 Å². The normalized spacial score (nSPS) is 22.5. The highest BCUT2D eigenvalue weighted by atomic mass is 32.2. The highest BCUT2D eigenvalue weighted by molar-refractivity contribution is 8.06. The van der Waals surface area contributed by atoms with Crippen LogP contribution < -0.4 is 5.32 Å². The van der Waals surface area contributed by atoms with E-state index >= 15 is 0 Å². The predicted octanol–water partition coefficient (Wildman–Crippen LogP) is 1.59. The number of hydrogen-bond donors (Lipinski definition) is 2. The van der Waals surface area contributed by atoms with Crippen LogP contribution in [0.2, 0.25) is 0 Å². The zero-order valence-corrected chi connectivity index (χ0v) is 10.3. The summed E-state index contributed by atoms with van der Waals surface area (Å²) in [5, 5.41) is 12.9. The van der Waals surface area contributed by atoms with Crippen LogP contribution in [-0.2, 0) is 0 Å². The Bertz CT molecular complexity index is 129. The minimum atomic E-state index is 0.342. The summed E-state index contributed by atoms with van der Waals surface area (Å²) in [4.78, 5) is 0. The smallest absolute Gasteiger partial charge is 0.0431 e. The zero-order valence-electron chi connectivity index (χ0n) is 8.71. The second-order valence-electron chi connectivity index (χ2n) is 3.56. The van der Waals surface area contributed by atoms with Crippen molar-refractivity contribution < 1.29 is 5.11 Å². The number of nitrogens with one attached hydrogen (secondary N) is 1. The van der Waals surface area contributed by atoms with Gasteiger partial charge in [0.1, 0.15) is 0 Å². The minimum Gasteiger partial charge on any atom is -0.396 e. The molecule has 0 aromatic heterocycles. The van der Waals surface area contributed by atoms with Crippen molar-refractivity contribution in [1.29, 1.82) is 0 Å². The van der Waals surface area contributed by atoms with E-state index in [9.17, 15) is 0 Å². The zero-order chi connectivity index (χ0) is 10.1. The summed E-state index contributed by atoms with van der Waals surface area (Å²) in [6, 6.07) is 0. The number of thioether (sulfide) groups is 2. The lowest BCUT2D eigenvalue weighted by Crippen LogP contribution is -2.29. The maximum Gasteiger partial charge on any atom is 0.0431 e. The quantitative estimate of drug-likeness (QED) is 0.656. The van der Waals surface area contributed by atoms with Crippen LogP contribution in [0, 0.1) is 0 Å². The van der Waals surface area contributed by atoms with Crippen molar-refractivity contribution >= 4 is 23.5 Å². The Labute approximate surface area is 95.6 Å². The lowest BCUT2D eigenvalue weighted by molar-refractivity contribution is 0.283. The predicted molar refractivity (Wildman–Crippen MR) is 67.4 cm³/mol. The molecule has 1 atom stereocenters. The highest BCUT2D eigenvalue weighted by Gasteiger charge is 2.12. The third kappa shape index (κ3) is 6.17. The molecule has 1 saturated heterocycles. The minimum absolute atomic E-state index is 0.342. The molecule has 2 nitrogen and oxygen atoms in total. The first-order valence-corrected chi connectivity index (χ1v) is 7.65. The SMILES string of the molecule is OCCCCCNCC1CSCCS1. The Morgan fingerprint density at radius 3 is 2.86 bits per heavy atom. The standard InChI is InChI=1S/C10H21NOS2/c12-5-3-1-2-4-11-8-10-9-13-6-7-14-10/h10-12H,1-9H2. The molecule has 1 heterocycles. The van der Waals surface area contributed by atoms with Gasteiger partial charge < -0.3 is 10.4 Å². The molecular formula is C10H21NOS2. The number of hydrogen-bond acceptors (Lipinski definition) is 4. The first-order valence-electron chi connectivity index (χ1n) is 5.44. The van der Waals surface area contributed by atoms with Gasteiger partial charge in [-0.25, -0.2) is 0 Å². The van der Waals surface area contributed by atoms with Gasteiger partial charge in [-0.2, -0.15) is 23.5 Å². The average molecular weight is 235 g/mol. The van der Waals surface area contributed by atoms with Crippen molar-refractivity contribution in [2.75, 3.05) is 37.0 Å². The van der Waals surface area contributed by atoms with Gasteiger partial charge in [0.2, 0.25) is 0 Å². The van der Waals surface area contributed by atoms with Crippen molar-refractivity contribution in [1.82, 2.24) is 5.32 Å². The van der Waals surface area contributed by atoms with Gasteiger partial charge >= 0.3 is 0 Å². The summed E-state index contributed by atoms with van der Waals surface area (Å²) in [5.74, 6) is 3.97. The Morgan fingerprint density at radius 2 is 2.14 bits per heavy atom. The molecule has 1 fully saturated rings. The number of aliphatic hydroxyl groups is 1. The molecular weight excluding hydrogens is 214 g/mol. The van der Waals surface area contributed by atoms with Gasteiger partial charge in [0.15, 0.2) is 0 Å². The van der Waals surface area contributed by atoms with Crippen molar-refractivity contribution in [3.05, 3.63) is 0 Å². The molecule has 0 saturated carbocycles. The van der Waals surface area contributed by atoms with Gasteiger partial charge in [-0.05, 0) is 25.8 Å². The van der Waals surface area contributed by atoms with Crippen LogP contribution in [-0.4, -0.2) is 47.3 Å². The van der Waals surface area contributed by atoms with E-state index in [4.69, 9.17) is 5.11 Å². The van der Waals surface area contributed by atoms with Gasteiger partial charge in [0.05, 0.1) is 0 Å². The lowest BCUT2D eigenvalue weighted by Gasteiger charge is -2.21. The Hall–Kier alpha value is 0.620. The van der Waals surface area contributed by atoms with Crippen LogP contribution in [0.4, 0.5) is 0 Å². The van der Waals surface area contributed by atoms with Crippen LogP contribution in [0.15, 0.2) is 0 Å². The molecule has 0 radical (unpaired) electrons. The van der Waals surface area contributed by atoms with E-state index in [2.05, 4.69) is 28.8 Å². The topological polar surface area (TPSA) is 32.3 Å². The molecule has 14 heavy (non-hydrogen) atoms. The van der Waals surface area contributed by atoms with Crippen LogP contribution >= 0.6 is 23.5 Å². The summed E-state index contributed by atoms with van der Waals surface area (Å²) in [5.41, 5.74) is 0. The van der Waals surface area contributed by atoms with Crippen molar-refractivity contribution in [3.63, 3.8) is 0 Å².